The molecule has 0 radical (unpaired) electrons. The van der Waals surface area contributed by atoms with Crippen LogP contribution < -0.4 is 0 Å². The number of hydrogen-bond acceptors (Lipinski definition) is 5. The highest BCUT2D eigenvalue weighted by atomic mass is 35.5. The smallest absolute Gasteiger partial charge is 0.204 e. The van der Waals surface area contributed by atoms with Crippen LogP contribution in [0, 0.1) is 18.6 Å². The Hall–Kier alpha value is -2.00. The molecule has 0 spiro atoms. The SMILES string of the molecule is Cc1ccc(C)c(-n2c(-c3ccccc3Cl)nn(CN(C)[C@@H]3CCS(=O)(=O)C3)c2=S)c1. The maximum atomic E-state index is 11.9. The van der Waals surface area contributed by atoms with Crippen LogP contribution in [0.15, 0.2) is 42.5 Å². The van der Waals surface area contributed by atoms with Gasteiger partial charge in [-0.25, -0.2) is 13.1 Å². The number of aryl methyl sites for hydroxylation is 2. The van der Waals surface area contributed by atoms with Gasteiger partial charge in [-0.2, -0.15) is 0 Å². The predicted molar refractivity (Wildman–Crippen MR) is 127 cm³/mol. The molecule has 0 saturated carbocycles. The van der Waals surface area contributed by atoms with E-state index in [0.717, 1.165) is 22.4 Å². The van der Waals surface area contributed by atoms with Crippen molar-refractivity contribution in [3.05, 3.63) is 63.4 Å². The summed E-state index contributed by atoms with van der Waals surface area (Å²) in [4.78, 5) is 2.01. The molecular weight excluding hydrogens is 452 g/mol. The summed E-state index contributed by atoms with van der Waals surface area (Å²) in [5.74, 6) is 1.07. The first-order chi connectivity index (χ1) is 14.7. The van der Waals surface area contributed by atoms with Gasteiger partial charge in [0.15, 0.2) is 15.7 Å². The van der Waals surface area contributed by atoms with Crippen molar-refractivity contribution in [2.45, 2.75) is 33.0 Å². The lowest BCUT2D eigenvalue weighted by Gasteiger charge is -2.22. The van der Waals surface area contributed by atoms with Crippen molar-refractivity contribution in [2.24, 2.45) is 0 Å². The fourth-order valence-electron chi connectivity index (χ4n) is 3.94. The first kappa shape index (κ1) is 22.2. The molecule has 164 valence electrons. The van der Waals surface area contributed by atoms with Gasteiger partial charge in [0.25, 0.3) is 0 Å². The van der Waals surface area contributed by atoms with E-state index >= 15 is 0 Å². The molecule has 1 aliphatic rings. The van der Waals surface area contributed by atoms with Gasteiger partial charge in [0, 0.05) is 11.6 Å². The van der Waals surface area contributed by atoms with Crippen molar-refractivity contribution in [1.29, 1.82) is 0 Å². The van der Waals surface area contributed by atoms with Crippen molar-refractivity contribution in [3.8, 4) is 17.1 Å². The van der Waals surface area contributed by atoms with Crippen molar-refractivity contribution in [1.82, 2.24) is 19.2 Å². The van der Waals surface area contributed by atoms with Gasteiger partial charge in [0.1, 0.15) is 0 Å². The van der Waals surface area contributed by atoms with Crippen LogP contribution in [0.2, 0.25) is 5.02 Å². The van der Waals surface area contributed by atoms with Gasteiger partial charge in [-0.1, -0.05) is 35.9 Å². The molecule has 31 heavy (non-hydrogen) atoms. The first-order valence-corrected chi connectivity index (χ1v) is 12.7. The molecular formula is C22H25ClN4O2S2. The Morgan fingerprint density at radius 1 is 1.23 bits per heavy atom. The Balaban J connectivity index is 1.82. The summed E-state index contributed by atoms with van der Waals surface area (Å²) in [5, 5.41) is 5.43. The van der Waals surface area contributed by atoms with Crippen molar-refractivity contribution < 1.29 is 8.42 Å². The van der Waals surface area contributed by atoms with Crippen LogP contribution in [0.25, 0.3) is 17.1 Å². The lowest BCUT2D eigenvalue weighted by molar-refractivity contribution is 0.196. The van der Waals surface area contributed by atoms with Crippen LogP contribution in [0.1, 0.15) is 17.5 Å². The minimum Gasteiger partial charge on any atom is -0.283 e. The van der Waals surface area contributed by atoms with Gasteiger partial charge in [0.05, 0.1) is 28.9 Å². The second-order valence-electron chi connectivity index (χ2n) is 8.17. The van der Waals surface area contributed by atoms with Crippen LogP contribution in [0.3, 0.4) is 0 Å². The third kappa shape index (κ3) is 4.48. The molecule has 6 nitrogen and oxygen atoms in total. The van der Waals surface area contributed by atoms with E-state index in [1.807, 2.05) is 54.6 Å². The molecule has 2 heterocycles. The topological polar surface area (TPSA) is 60.1 Å². The minimum absolute atomic E-state index is 0.0403. The largest absolute Gasteiger partial charge is 0.283 e. The number of aromatic nitrogens is 3. The van der Waals surface area contributed by atoms with Crippen molar-refractivity contribution in [3.63, 3.8) is 0 Å². The Morgan fingerprint density at radius 3 is 2.65 bits per heavy atom. The van der Waals surface area contributed by atoms with Gasteiger partial charge < -0.3 is 0 Å². The maximum absolute atomic E-state index is 11.9. The fourth-order valence-corrected chi connectivity index (χ4v) is 6.25. The maximum Gasteiger partial charge on any atom is 0.204 e. The number of nitrogens with zero attached hydrogens (tertiary/aromatic N) is 4. The Kier molecular flexibility index (Phi) is 6.09. The highest BCUT2D eigenvalue weighted by molar-refractivity contribution is 7.91. The lowest BCUT2D eigenvalue weighted by atomic mass is 10.1. The molecule has 1 aliphatic heterocycles. The van der Waals surface area contributed by atoms with Gasteiger partial charge in [-0.05, 0) is 68.9 Å². The minimum atomic E-state index is -2.97. The molecule has 0 aliphatic carbocycles. The van der Waals surface area contributed by atoms with E-state index in [0.29, 0.717) is 28.7 Å². The summed E-state index contributed by atoms with van der Waals surface area (Å²) in [6, 6.07) is 13.7. The number of halogens is 1. The number of hydrogen-bond donors (Lipinski definition) is 0. The van der Waals surface area contributed by atoms with Crippen molar-refractivity contribution in [2.75, 3.05) is 18.6 Å². The Labute approximate surface area is 193 Å². The summed E-state index contributed by atoms with van der Waals surface area (Å²) in [6.07, 6.45) is 0.626. The zero-order valence-electron chi connectivity index (χ0n) is 17.7. The van der Waals surface area contributed by atoms with E-state index in [9.17, 15) is 8.42 Å². The molecule has 1 saturated heterocycles. The zero-order chi connectivity index (χ0) is 22.3. The van der Waals surface area contributed by atoms with Crippen LogP contribution >= 0.6 is 23.8 Å². The van der Waals surface area contributed by atoms with Gasteiger partial charge in [-0.3, -0.25) is 9.47 Å². The molecule has 0 bridgehead atoms. The standard InChI is InChI=1S/C22H25ClN4O2S2/c1-15-8-9-16(2)20(12-15)27-21(18-6-4-5-7-19(18)23)24-26(22(27)30)14-25(3)17-10-11-31(28,29)13-17/h4-9,12,17H,10-11,13-14H2,1-3H3/t17-/m1/s1. The summed E-state index contributed by atoms with van der Waals surface area (Å²) >= 11 is 12.4. The average molecular weight is 477 g/mol. The van der Waals surface area contributed by atoms with Gasteiger partial charge >= 0.3 is 0 Å². The zero-order valence-corrected chi connectivity index (χ0v) is 20.1. The van der Waals surface area contributed by atoms with Crippen LogP contribution in [-0.2, 0) is 16.5 Å². The second kappa shape index (κ2) is 8.50. The van der Waals surface area contributed by atoms with Crippen LogP contribution in [0.5, 0.6) is 0 Å². The van der Waals surface area contributed by atoms with E-state index in [4.69, 9.17) is 28.9 Å². The Bertz CT molecular complexity index is 1300. The predicted octanol–water partition coefficient (Wildman–Crippen LogP) is 4.42. The molecule has 0 amide bonds. The third-order valence-corrected chi connectivity index (χ3v) is 8.22. The van der Waals surface area contributed by atoms with Crippen LogP contribution in [-0.4, -0.2) is 52.3 Å². The van der Waals surface area contributed by atoms with E-state index in [1.165, 1.54) is 0 Å². The van der Waals surface area contributed by atoms with E-state index < -0.39 is 9.84 Å². The lowest BCUT2D eigenvalue weighted by Crippen LogP contribution is -2.34. The van der Waals surface area contributed by atoms with Gasteiger partial charge in [0.2, 0.25) is 4.77 Å². The highest BCUT2D eigenvalue weighted by Crippen LogP contribution is 2.30. The average Bonchev–Trinajstić information content (AvgIpc) is 3.24. The van der Waals surface area contributed by atoms with Crippen molar-refractivity contribution >= 4 is 33.7 Å². The molecule has 9 heteroatoms. The van der Waals surface area contributed by atoms with E-state index in [1.54, 1.807) is 4.68 Å². The molecule has 4 rings (SSSR count). The molecule has 3 aromatic rings. The van der Waals surface area contributed by atoms with Gasteiger partial charge in [-0.15, -0.1) is 5.10 Å². The summed E-state index contributed by atoms with van der Waals surface area (Å²) in [5.41, 5.74) is 3.94. The fraction of sp³-hybridized carbons (Fsp3) is 0.364. The molecule has 1 fully saturated rings. The molecule has 0 unspecified atom stereocenters. The molecule has 1 atom stereocenters. The molecule has 2 aromatic carbocycles. The van der Waals surface area contributed by atoms with E-state index in [2.05, 4.69) is 18.2 Å². The Morgan fingerprint density at radius 2 is 1.97 bits per heavy atom. The monoisotopic (exact) mass is 476 g/mol. The number of benzene rings is 2. The normalized spacial score (nSPS) is 18.0. The summed E-state index contributed by atoms with van der Waals surface area (Å²) < 4.78 is 28.1. The second-order valence-corrected chi connectivity index (χ2v) is 11.2. The highest BCUT2D eigenvalue weighted by Gasteiger charge is 2.31. The quantitative estimate of drug-likeness (QED) is 0.510. The first-order valence-electron chi connectivity index (χ1n) is 10.1. The summed E-state index contributed by atoms with van der Waals surface area (Å²) in [6.45, 7) is 4.48. The van der Waals surface area contributed by atoms with E-state index in [-0.39, 0.29) is 17.5 Å². The number of rotatable bonds is 5. The molecule has 1 aromatic heterocycles. The third-order valence-electron chi connectivity index (χ3n) is 5.75. The number of sulfone groups is 1. The van der Waals surface area contributed by atoms with Crippen LogP contribution in [0.4, 0.5) is 0 Å². The molecule has 0 N–H and O–H groups in total. The summed E-state index contributed by atoms with van der Waals surface area (Å²) in [7, 11) is -1.05.